The Bertz CT molecular complexity index is 94.2. The first-order valence-electron chi connectivity index (χ1n) is 4.50. The summed E-state index contributed by atoms with van der Waals surface area (Å²) in [6, 6.07) is 0.350. The fourth-order valence-corrected chi connectivity index (χ4v) is 1.07. The Kier molecular flexibility index (Phi) is 4.69. The lowest BCUT2D eigenvalue weighted by Crippen LogP contribution is -2.34. The fraction of sp³-hybridized carbons (Fsp3) is 1.00. The summed E-state index contributed by atoms with van der Waals surface area (Å²) in [6.45, 7) is 6.25. The lowest BCUT2D eigenvalue weighted by atomic mass is 9.95. The van der Waals surface area contributed by atoms with Gasteiger partial charge in [-0.3, -0.25) is 0 Å². The van der Waals surface area contributed by atoms with Gasteiger partial charge >= 0.3 is 0 Å². The van der Waals surface area contributed by atoms with Crippen LogP contribution >= 0.6 is 0 Å². The first-order valence-corrected chi connectivity index (χ1v) is 4.50. The minimum absolute atomic E-state index is 0.0502. The van der Waals surface area contributed by atoms with Gasteiger partial charge in [0, 0.05) is 11.6 Å². The third kappa shape index (κ3) is 7.82. The maximum absolute atomic E-state index is 5.84. The second-order valence-electron chi connectivity index (χ2n) is 4.08. The van der Waals surface area contributed by atoms with Crippen LogP contribution in [0.25, 0.3) is 0 Å². The zero-order valence-electron chi connectivity index (χ0n) is 8.06. The van der Waals surface area contributed by atoms with Crippen LogP contribution in [0.15, 0.2) is 0 Å². The molecule has 1 unspecified atom stereocenters. The van der Waals surface area contributed by atoms with Crippen LogP contribution in [0, 0.1) is 0 Å². The van der Waals surface area contributed by atoms with Crippen LogP contribution < -0.4 is 11.5 Å². The molecule has 0 aliphatic carbocycles. The predicted octanol–water partition coefficient (Wildman–Crippen LogP) is 1.63. The Balaban J connectivity index is 3.38. The van der Waals surface area contributed by atoms with Gasteiger partial charge in [0.1, 0.15) is 0 Å². The molecule has 0 aromatic rings. The van der Waals surface area contributed by atoms with Crippen molar-refractivity contribution >= 4 is 0 Å². The van der Waals surface area contributed by atoms with E-state index in [4.69, 9.17) is 11.5 Å². The minimum Gasteiger partial charge on any atom is -0.328 e. The monoisotopic (exact) mass is 158 g/mol. The van der Waals surface area contributed by atoms with E-state index in [0.717, 1.165) is 19.3 Å². The Morgan fingerprint density at radius 1 is 1.27 bits per heavy atom. The normalized spacial score (nSPS) is 15.0. The Labute approximate surface area is 70.3 Å². The summed E-state index contributed by atoms with van der Waals surface area (Å²) < 4.78 is 0. The number of hydrogen-bond donors (Lipinski definition) is 2. The first kappa shape index (κ1) is 10.9. The maximum Gasteiger partial charge on any atom is 0.00976 e. The molecule has 11 heavy (non-hydrogen) atoms. The summed E-state index contributed by atoms with van der Waals surface area (Å²) in [5.41, 5.74) is 11.6. The molecule has 0 saturated heterocycles. The van der Waals surface area contributed by atoms with Crippen molar-refractivity contribution in [2.24, 2.45) is 11.5 Å². The van der Waals surface area contributed by atoms with E-state index in [2.05, 4.69) is 6.92 Å². The lowest BCUT2D eigenvalue weighted by molar-refractivity contribution is 0.418. The van der Waals surface area contributed by atoms with Crippen LogP contribution in [0.1, 0.15) is 46.5 Å². The molecule has 0 aromatic carbocycles. The largest absolute Gasteiger partial charge is 0.328 e. The molecule has 0 aliphatic rings. The van der Waals surface area contributed by atoms with E-state index in [9.17, 15) is 0 Å². The summed E-state index contributed by atoms with van der Waals surface area (Å²) in [4.78, 5) is 0. The van der Waals surface area contributed by atoms with E-state index in [1.807, 2.05) is 13.8 Å². The smallest absolute Gasteiger partial charge is 0.00976 e. The molecular weight excluding hydrogens is 136 g/mol. The summed E-state index contributed by atoms with van der Waals surface area (Å²) in [5.74, 6) is 0. The van der Waals surface area contributed by atoms with Crippen molar-refractivity contribution in [1.29, 1.82) is 0 Å². The highest BCUT2D eigenvalue weighted by Gasteiger charge is 2.12. The molecule has 0 spiro atoms. The van der Waals surface area contributed by atoms with Crippen molar-refractivity contribution in [1.82, 2.24) is 0 Å². The summed E-state index contributed by atoms with van der Waals surface area (Å²) in [7, 11) is 0. The lowest BCUT2D eigenvalue weighted by Gasteiger charge is -2.20. The van der Waals surface area contributed by atoms with Gasteiger partial charge in [-0.25, -0.2) is 0 Å². The second kappa shape index (κ2) is 4.73. The minimum atomic E-state index is -0.0502. The van der Waals surface area contributed by atoms with Gasteiger partial charge in [-0.15, -0.1) is 0 Å². The molecule has 0 saturated carbocycles. The highest BCUT2D eigenvalue weighted by molar-refractivity contribution is 4.74. The molecule has 0 heterocycles. The third-order valence-electron chi connectivity index (χ3n) is 1.82. The quantitative estimate of drug-likeness (QED) is 0.639. The van der Waals surface area contributed by atoms with Crippen molar-refractivity contribution in [3.05, 3.63) is 0 Å². The van der Waals surface area contributed by atoms with Gasteiger partial charge in [-0.1, -0.05) is 13.3 Å². The van der Waals surface area contributed by atoms with E-state index in [0.29, 0.717) is 6.04 Å². The highest BCUT2D eigenvalue weighted by atomic mass is 14.7. The Morgan fingerprint density at radius 2 is 1.82 bits per heavy atom. The van der Waals surface area contributed by atoms with Crippen molar-refractivity contribution in [2.75, 3.05) is 0 Å². The summed E-state index contributed by atoms with van der Waals surface area (Å²) in [5, 5.41) is 0. The van der Waals surface area contributed by atoms with Crippen LogP contribution in [-0.2, 0) is 0 Å². The fourth-order valence-electron chi connectivity index (χ4n) is 1.07. The molecule has 2 nitrogen and oxygen atoms in total. The van der Waals surface area contributed by atoms with Gasteiger partial charge in [-0.05, 0) is 33.1 Å². The molecule has 2 heteroatoms. The maximum atomic E-state index is 5.84. The first-order chi connectivity index (χ1) is 4.95. The van der Waals surface area contributed by atoms with E-state index < -0.39 is 0 Å². The van der Waals surface area contributed by atoms with E-state index in [1.165, 1.54) is 6.42 Å². The van der Waals surface area contributed by atoms with Crippen molar-refractivity contribution in [2.45, 2.75) is 58.0 Å². The van der Waals surface area contributed by atoms with Gasteiger partial charge in [0.15, 0.2) is 0 Å². The predicted molar refractivity (Wildman–Crippen MR) is 50.4 cm³/mol. The van der Waals surface area contributed by atoms with E-state index in [1.54, 1.807) is 0 Å². The number of nitrogens with two attached hydrogens (primary N) is 2. The third-order valence-corrected chi connectivity index (χ3v) is 1.82. The van der Waals surface area contributed by atoms with Crippen LogP contribution in [-0.4, -0.2) is 11.6 Å². The molecule has 0 bridgehead atoms. The molecule has 0 fully saturated rings. The summed E-state index contributed by atoms with van der Waals surface area (Å²) in [6.07, 6.45) is 4.37. The Hall–Kier alpha value is -0.0800. The average molecular weight is 158 g/mol. The molecule has 0 radical (unpaired) electrons. The zero-order valence-corrected chi connectivity index (χ0v) is 8.06. The molecule has 0 rings (SSSR count). The summed E-state index contributed by atoms with van der Waals surface area (Å²) >= 11 is 0. The second-order valence-corrected chi connectivity index (χ2v) is 4.08. The van der Waals surface area contributed by atoms with Gasteiger partial charge < -0.3 is 11.5 Å². The standard InChI is InChI=1S/C9H22N2/c1-4-5-8(10)6-7-9(2,3)11/h8H,4-7,10-11H2,1-3H3. The molecular formula is C9H22N2. The molecule has 1 atom stereocenters. The molecule has 4 N–H and O–H groups in total. The van der Waals surface area contributed by atoms with Crippen LogP contribution in [0.3, 0.4) is 0 Å². The van der Waals surface area contributed by atoms with E-state index in [-0.39, 0.29) is 5.54 Å². The molecule has 0 aliphatic heterocycles. The van der Waals surface area contributed by atoms with Crippen LogP contribution in [0.2, 0.25) is 0 Å². The Morgan fingerprint density at radius 3 is 2.18 bits per heavy atom. The number of rotatable bonds is 5. The van der Waals surface area contributed by atoms with Gasteiger partial charge in [-0.2, -0.15) is 0 Å². The van der Waals surface area contributed by atoms with E-state index >= 15 is 0 Å². The highest BCUT2D eigenvalue weighted by Crippen LogP contribution is 2.10. The van der Waals surface area contributed by atoms with Crippen LogP contribution in [0.4, 0.5) is 0 Å². The van der Waals surface area contributed by atoms with Crippen LogP contribution in [0.5, 0.6) is 0 Å². The van der Waals surface area contributed by atoms with Gasteiger partial charge in [0.05, 0.1) is 0 Å². The van der Waals surface area contributed by atoms with Crippen molar-refractivity contribution in [3.8, 4) is 0 Å². The van der Waals surface area contributed by atoms with Crippen molar-refractivity contribution in [3.63, 3.8) is 0 Å². The molecule has 0 amide bonds. The topological polar surface area (TPSA) is 52.0 Å². The molecule has 0 aromatic heterocycles. The zero-order chi connectivity index (χ0) is 8.91. The number of hydrogen-bond acceptors (Lipinski definition) is 2. The van der Waals surface area contributed by atoms with Crippen molar-refractivity contribution < 1.29 is 0 Å². The van der Waals surface area contributed by atoms with Gasteiger partial charge in [0.2, 0.25) is 0 Å². The molecule has 68 valence electrons. The van der Waals surface area contributed by atoms with Gasteiger partial charge in [0.25, 0.3) is 0 Å². The SMILES string of the molecule is CCCC(N)CCC(C)(C)N. The average Bonchev–Trinajstić information content (AvgIpc) is 1.83.